The Kier molecular flexibility index (Phi) is 3.63. The minimum Gasteiger partial charge on any atom is -0.402 e. The minimum atomic E-state index is -0.916. The molecule has 0 aromatic heterocycles. The summed E-state index contributed by atoms with van der Waals surface area (Å²) in [6.07, 6.45) is 0. The van der Waals surface area contributed by atoms with E-state index in [0.717, 1.165) is 4.91 Å². The minimum absolute atomic E-state index is 0.651. The van der Waals surface area contributed by atoms with Crippen molar-refractivity contribution in [2.45, 2.75) is 13.8 Å². The molecule has 0 bridgehead atoms. The molecule has 0 saturated heterocycles. The average Bonchev–Trinajstić information content (AvgIpc) is 1.64. The molecule has 0 aromatic carbocycles. The van der Waals surface area contributed by atoms with Crippen LogP contribution in [0.25, 0.3) is 0 Å². The lowest BCUT2D eigenvalue weighted by Crippen LogP contribution is -1.96. The summed E-state index contributed by atoms with van der Waals surface area (Å²) in [6.45, 7) is 3.50. The van der Waals surface area contributed by atoms with Gasteiger partial charge in [-0.3, -0.25) is 0 Å². The van der Waals surface area contributed by atoms with Crippen LogP contribution in [0.3, 0.4) is 0 Å². The molecule has 0 aromatic rings. The molecule has 0 rings (SSSR count). The lowest BCUT2D eigenvalue weighted by atomic mass is 10.5. The van der Waals surface area contributed by atoms with E-state index in [1.165, 1.54) is 0 Å². The average molecular weight is 245 g/mol. The van der Waals surface area contributed by atoms with E-state index in [4.69, 9.17) is 5.73 Å². The molecule has 0 aliphatic heterocycles. The van der Waals surface area contributed by atoms with Crippen LogP contribution >= 0.6 is 21.2 Å². The first kappa shape index (κ1) is 8.42. The number of nitrogens with two attached hydrogens (primary N) is 1. The van der Waals surface area contributed by atoms with Crippen molar-refractivity contribution in [3.8, 4) is 0 Å². The Bertz CT molecular complexity index is 139. The zero-order valence-electron chi connectivity index (χ0n) is 4.77. The van der Waals surface area contributed by atoms with Gasteiger partial charge in [-0.2, -0.15) is 0 Å². The first-order valence-electron chi connectivity index (χ1n) is 2.06. The third kappa shape index (κ3) is 2.66. The number of allylic oxidation sites excluding steroid dienone is 2. The van der Waals surface area contributed by atoms with Crippen LogP contribution in [0.4, 0.5) is 0 Å². The van der Waals surface area contributed by atoms with Gasteiger partial charge in [0.25, 0.3) is 0 Å². The summed E-state index contributed by atoms with van der Waals surface area (Å²) in [5.74, 6) is 0. The molecule has 0 aliphatic rings. The molecule has 0 saturated carbocycles. The summed E-state index contributed by atoms with van der Waals surface area (Å²) >= 11 is 1.82. The number of hydrogen-bond donors (Lipinski definition) is 1. The van der Waals surface area contributed by atoms with Crippen LogP contribution in [0, 0.1) is 0 Å². The molecule has 1 unspecified atom stereocenters. The van der Waals surface area contributed by atoms with E-state index >= 15 is 0 Å². The summed E-state index contributed by atoms with van der Waals surface area (Å²) < 4.78 is 10.5. The van der Waals surface area contributed by atoms with Crippen molar-refractivity contribution in [3.05, 3.63) is 10.6 Å². The Morgan fingerprint density at radius 3 is 2.00 bits per heavy atom. The lowest BCUT2D eigenvalue weighted by Gasteiger charge is -1.93. The largest absolute Gasteiger partial charge is 0.402 e. The lowest BCUT2D eigenvalue weighted by molar-refractivity contribution is 0.695. The highest BCUT2D eigenvalue weighted by Gasteiger charge is 1.96. The highest BCUT2D eigenvalue weighted by molar-refractivity contribution is 14.2. The van der Waals surface area contributed by atoms with Crippen LogP contribution < -0.4 is 5.73 Å². The molecule has 0 heterocycles. The molecule has 0 fully saturated rings. The fraction of sp³-hybridized carbons (Fsp3) is 0.500. The van der Waals surface area contributed by atoms with E-state index in [9.17, 15) is 4.21 Å². The van der Waals surface area contributed by atoms with E-state index in [2.05, 4.69) is 0 Å². The fourth-order valence-corrected chi connectivity index (χ4v) is 1.42. The van der Waals surface area contributed by atoms with Crippen LogP contribution in [0.15, 0.2) is 10.6 Å². The maximum Gasteiger partial charge on any atom is 0.113 e. The van der Waals surface area contributed by atoms with Crippen molar-refractivity contribution in [2.24, 2.45) is 5.73 Å². The van der Waals surface area contributed by atoms with Crippen molar-refractivity contribution in [3.63, 3.8) is 0 Å². The van der Waals surface area contributed by atoms with E-state index in [1.807, 2.05) is 21.2 Å². The second kappa shape index (κ2) is 3.45. The third-order valence-electron chi connectivity index (χ3n) is 0.796. The zero-order chi connectivity index (χ0) is 6.73. The van der Waals surface area contributed by atoms with Crippen LogP contribution in [-0.4, -0.2) is 4.21 Å². The first-order chi connectivity index (χ1) is 3.55. The summed E-state index contributed by atoms with van der Waals surface area (Å²) in [5.41, 5.74) is 5.97. The van der Waals surface area contributed by atoms with Gasteiger partial charge in [-0.1, -0.05) is 0 Å². The van der Waals surface area contributed by atoms with Gasteiger partial charge < -0.3 is 5.73 Å². The Morgan fingerprint density at radius 1 is 1.62 bits per heavy atom. The highest BCUT2D eigenvalue weighted by atomic mass is 127. The molecule has 0 spiro atoms. The van der Waals surface area contributed by atoms with Crippen LogP contribution in [0.5, 0.6) is 0 Å². The molecule has 0 aliphatic carbocycles. The zero-order valence-corrected chi connectivity index (χ0v) is 7.75. The van der Waals surface area contributed by atoms with Crippen molar-refractivity contribution in [1.82, 2.24) is 0 Å². The normalized spacial score (nSPS) is 17.4. The predicted octanol–water partition coefficient (Wildman–Crippen LogP) is 1.30. The van der Waals surface area contributed by atoms with Gasteiger partial charge in [0.05, 0.1) is 0 Å². The van der Waals surface area contributed by atoms with Crippen molar-refractivity contribution in [1.29, 1.82) is 0 Å². The summed E-state index contributed by atoms with van der Waals surface area (Å²) in [4.78, 5) is 0.755. The first-order valence-corrected chi connectivity index (χ1v) is 5.76. The second-order valence-electron chi connectivity index (χ2n) is 1.46. The van der Waals surface area contributed by atoms with E-state index in [-0.39, 0.29) is 0 Å². The number of rotatable bonds is 1. The Hall–Kier alpha value is 0.420. The van der Waals surface area contributed by atoms with Gasteiger partial charge in [-0.25, -0.2) is 4.21 Å². The highest BCUT2D eigenvalue weighted by Crippen LogP contribution is 2.09. The number of halogens is 1. The Morgan fingerprint density at radius 2 is 2.00 bits per heavy atom. The maximum atomic E-state index is 10.5. The van der Waals surface area contributed by atoms with Gasteiger partial charge in [0.2, 0.25) is 0 Å². The standard InChI is InChI=1S/C4H8INOS/c1-3(6)4(2)8(5)7/h6H2,1-2H3/b4-3-. The van der Waals surface area contributed by atoms with Crippen LogP contribution in [-0.2, 0) is 7.97 Å². The van der Waals surface area contributed by atoms with Gasteiger partial charge in [0.15, 0.2) is 0 Å². The van der Waals surface area contributed by atoms with Gasteiger partial charge in [-0.15, -0.1) is 0 Å². The van der Waals surface area contributed by atoms with E-state index in [0.29, 0.717) is 5.70 Å². The van der Waals surface area contributed by atoms with Gasteiger partial charge in [-0.05, 0) is 13.8 Å². The molecule has 2 N–H and O–H groups in total. The van der Waals surface area contributed by atoms with Crippen molar-refractivity contribution in [2.75, 3.05) is 0 Å². The Balaban J connectivity index is 4.23. The molecule has 0 amide bonds. The van der Waals surface area contributed by atoms with Crippen molar-refractivity contribution >= 4 is 29.2 Å². The summed E-state index contributed by atoms with van der Waals surface area (Å²) in [7, 11) is -0.916. The van der Waals surface area contributed by atoms with Gasteiger partial charge in [0, 0.05) is 31.8 Å². The van der Waals surface area contributed by atoms with Gasteiger partial charge >= 0.3 is 0 Å². The van der Waals surface area contributed by atoms with Crippen molar-refractivity contribution < 1.29 is 4.21 Å². The molecular formula is C4H8INOS. The molecule has 2 nitrogen and oxygen atoms in total. The quantitative estimate of drug-likeness (QED) is 0.558. The molecule has 1 atom stereocenters. The number of hydrogen-bond acceptors (Lipinski definition) is 2. The second-order valence-corrected chi connectivity index (χ2v) is 4.92. The topological polar surface area (TPSA) is 43.1 Å². The third-order valence-corrected chi connectivity index (χ3v) is 3.58. The molecule has 8 heavy (non-hydrogen) atoms. The van der Waals surface area contributed by atoms with Gasteiger partial charge in [0.1, 0.15) is 7.97 Å². The van der Waals surface area contributed by atoms with Crippen LogP contribution in [0.2, 0.25) is 0 Å². The fourth-order valence-electron chi connectivity index (χ4n) is 0.127. The summed E-state index contributed by atoms with van der Waals surface area (Å²) in [5, 5.41) is 0. The molecule has 48 valence electrons. The maximum absolute atomic E-state index is 10.5. The SMILES string of the molecule is C/C(N)=C(\C)S(=O)I. The summed E-state index contributed by atoms with van der Waals surface area (Å²) in [6, 6.07) is 0. The molecular weight excluding hydrogens is 237 g/mol. The molecule has 0 radical (unpaired) electrons. The van der Waals surface area contributed by atoms with E-state index < -0.39 is 7.97 Å². The van der Waals surface area contributed by atoms with E-state index in [1.54, 1.807) is 13.8 Å². The van der Waals surface area contributed by atoms with Crippen LogP contribution in [0.1, 0.15) is 13.8 Å². The smallest absolute Gasteiger partial charge is 0.113 e. The molecule has 4 heteroatoms. The predicted molar refractivity (Wildman–Crippen MR) is 44.7 cm³/mol. The monoisotopic (exact) mass is 245 g/mol. The Labute approximate surface area is 63.6 Å².